The molecule has 0 spiro atoms. The minimum atomic E-state index is -0.984. The summed E-state index contributed by atoms with van der Waals surface area (Å²) in [7, 11) is 1.53. The van der Waals surface area contributed by atoms with Gasteiger partial charge in [0.2, 0.25) is 0 Å². The minimum absolute atomic E-state index is 0.0172. The van der Waals surface area contributed by atoms with Gasteiger partial charge in [-0.1, -0.05) is 0 Å². The normalized spacial score (nSPS) is 24.9. The summed E-state index contributed by atoms with van der Waals surface area (Å²) in [6.45, 7) is 2.22. The maximum absolute atomic E-state index is 12.0. The zero-order valence-corrected chi connectivity index (χ0v) is 11.7. The van der Waals surface area contributed by atoms with Crippen molar-refractivity contribution in [1.29, 1.82) is 0 Å². The molecule has 1 aliphatic rings. The van der Waals surface area contributed by atoms with E-state index in [1.54, 1.807) is 11.8 Å². The fraction of sp³-hybridized carbons (Fsp3) is 0.818. The van der Waals surface area contributed by atoms with Gasteiger partial charge < -0.3 is 20.1 Å². The summed E-state index contributed by atoms with van der Waals surface area (Å²) in [6, 6.07) is -1.11. The van der Waals surface area contributed by atoms with E-state index in [0.717, 1.165) is 5.75 Å². The quantitative estimate of drug-likeness (QED) is 0.769. The number of amides is 2. The first-order valence-electron chi connectivity index (χ1n) is 5.81. The third-order valence-electron chi connectivity index (χ3n) is 2.93. The molecule has 0 radical (unpaired) electrons. The fourth-order valence-corrected chi connectivity index (χ4v) is 2.60. The van der Waals surface area contributed by atoms with Crippen molar-refractivity contribution < 1.29 is 19.4 Å². The lowest BCUT2D eigenvalue weighted by molar-refractivity contribution is -0.141. The van der Waals surface area contributed by atoms with Gasteiger partial charge in [0.15, 0.2) is 0 Å². The molecule has 3 atom stereocenters. The number of carbonyl (C=O) groups is 2. The summed E-state index contributed by atoms with van der Waals surface area (Å²) in [5.41, 5.74) is 0. The molecule has 1 heterocycles. The number of rotatable bonds is 5. The van der Waals surface area contributed by atoms with Crippen molar-refractivity contribution >= 4 is 23.8 Å². The van der Waals surface area contributed by atoms with Crippen LogP contribution in [0.2, 0.25) is 0 Å². The molecule has 3 unspecified atom stereocenters. The zero-order chi connectivity index (χ0) is 13.7. The maximum atomic E-state index is 12.0. The summed E-state index contributed by atoms with van der Waals surface area (Å²) in [5, 5.41) is 11.9. The fourth-order valence-electron chi connectivity index (χ4n) is 2.01. The molecule has 0 aliphatic carbocycles. The Morgan fingerprint density at radius 1 is 1.61 bits per heavy atom. The molecule has 1 saturated heterocycles. The minimum Gasteiger partial charge on any atom is -0.480 e. The van der Waals surface area contributed by atoms with Gasteiger partial charge in [0, 0.05) is 31.9 Å². The Morgan fingerprint density at radius 2 is 2.28 bits per heavy atom. The molecule has 0 aromatic carbocycles. The van der Waals surface area contributed by atoms with E-state index in [1.807, 2.05) is 13.2 Å². The second-order valence-corrected chi connectivity index (χ2v) is 5.32. The van der Waals surface area contributed by atoms with E-state index >= 15 is 0 Å². The molecular formula is C11H20N2O4S. The number of likely N-dealkylation sites (tertiary alicyclic amines) is 1. The van der Waals surface area contributed by atoms with Crippen LogP contribution in [0.3, 0.4) is 0 Å². The van der Waals surface area contributed by atoms with Gasteiger partial charge >= 0.3 is 12.0 Å². The van der Waals surface area contributed by atoms with E-state index < -0.39 is 12.0 Å². The monoisotopic (exact) mass is 276 g/mol. The number of carboxylic acids is 1. The summed E-state index contributed by atoms with van der Waals surface area (Å²) in [6.07, 6.45) is 2.10. The van der Waals surface area contributed by atoms with Crippen LogP contribution in [-0.2, 0) is 9.53 Å². The highest BCUT2D eigenvalue weighted by molar-refractivity contribution is 7.98. The second kappa shape index (κ2) is 6.84. The molecule has 1 aliphatic heterocycles. The van der Waals surface area contributed by atoms with Gasteiger partial charge in [0.1, 0.15) is 6.04 Å². The van der Waals surface area contributed by atoms with Crippen molar-refractivity contribution in [3.05, 3.63) is 0 Å². The van der Waals surface area contributed by atoms with Gasteiger partial charge in [0.05, 0.1) is 6.10 Å². The molecule has 0 aromatic heterocycles. The number of thioether (sulfide) groups is 1. The van der Waals surface area contributed by atoms with Gasteiger partial charge in [-0.15, -0.1) is 0 Å². The standard InChI is InChI=1S/C11H20N2O4S/c1-7(6-18-3)12-11(16)13-5-8(17-2)4-9(13)10(14)15/h7-9H,4-6H2,1-3H3,(H,12,16)(H,14,15). The number of carboxylic acid groups (broad SMARTS) is 1. The molecule has 6 nitrogen and oxygen atoms in total. The molecule has 0 aromatic rings. The van der Waals surface area contributed by atoms with Crippen molar-refractivity contribution in [3.8, 4) is 0 Å². The van der Waals surface area contributed by atoms with Crippen molar-refractivity contribution in [1.82, 2.24) is 10.2 Å². The van der Waals surface area contributed by atoms with E-state index in [4.69, 9.17) is 9.84 Å². The number of hydrogen-bond donors (Lipinski definition) is 2. The number of hydrogen-bond acceptors (Lipinski definition) is 4. The Morgan fingerprint density at radius 3 is 2.78 bits per heavy atom. The van der Waals surface area contributed by atoms with Crippen LogP contribution in [-0.4, -0.2) is 65.9 Å². The van der Waals surface area contributed by atoms with Crippen molar-refractivity contribution in [3.63, 3.8) is 0 Å². The molecule has 1 rings (SSSR count). The molecule has 2 amide bonds. The van der Waals surface area contributed by atoms with Crippen LogP contribution >= 0.6 is 11.8 Å². The number of nitrogens with zero attached hydrogens (tertiary/aromatic N) is 1. The van der Waals surface area contributed by atoms with Gasteiger partial charge in [0.25, 0.3) is 0 Å². The molecule has 104 valence electrons. The average molecular weight is 276 g/mol. The van der Waals surface area contributed by atoms with E-state index in [1.165, 1.54) is 12.0 Å². The molecule has 18 heavy (non-hydrogen) atoms. The van der Waals surface area contributed by atoms with Crippen molar-refractivity contribution in [2.24, 2.45) is 0 Å². The third kappa shape index (κ3) is 3.78. The molecular weight excluding hydrogens is 256 g/mol. The highest BCUT2D eigenvalue weighted by Crippen LogP contribution is 2.20. The van der Waals surface area contributed by atoms with Crippen LogP contribution in [0.25, 0.3) is 0 Å². The summed E-state index contributed by atoms with van der Waals surface area (Å²) < 4.78 is 5.14. The number of carbonyl (C=O) groups excluding carboxylic acids is 1. The SMILES string of the molecule is COC1CC(C(=O)O)N(C(=O)NC(C)CSC)C1. The lowest BCUT2D eigenvalue weighted by Crippen LogP contribution is -2.49. The number of aliphatic carboxylic acids is 1. The van der Waals surface area contributed by atoms with E-state index in [-0.39, 0.29) is 18.2 Å². The first-order chi connectivity index (χ1) is 8.49. The summed E-state index contributed by atoms with van der Waals surface area (Å²) in [4.78, 5) is 24.4. The van der Waals surface area contributed by atoms with Crippen LogP contribution < -0.4 is 5.32 Å². The zero-order valence-electron chi connectivity index (χ0n) is 10.9. The topological polar surface area (TPSA) is 78.9 Å². The Labute approximate surface area is 111 Å². The molecule has 0 saturated carbocycles. The van der Waals surface area contributed by atoms with Gasteiger partial charge in [-0.3, -0.25) is 0 Å². The molecule has 2 N–H and O–H groups in total. The van der Waals surface area contributed by atoms with E-state index in [2.05, 4.69) is 5.32 Å². The van der Waals surface area contributed by atoms with E-state index in [0.29, 0.717) is 13.0 Å². The third-order valence-corrected chi connectivity index (χ3v) is 3.76. The van der Waals surface area contributed by atoms with Crippen LogP contribution in [0.1, 0.15) is 13.3 Å². The average Bonchev–Trinajstić information content (AvgIpc) is 2.73. The first kappa shape index (κ1) is 15.1. The Balaban J connectivity index is 2.62. The molecule has 0 bridgehead atoms. The molecule has 7 heteroatoms. The smallest absolute Gasteiger partial charge is 0.326 e. The maximum Gasteiger partial charge on any atom is 0.326 e. The highest BCUT2D eigenvalue weighted by atomic mass is 32.2. The number of ether oxygens (including phenoxy) is 1. The second-order valence-electron chi connectivity index (χ2n) is 4.41. The number of urea groups is 1. The van der Waals surface area contributed by atoms with E-state index in [9.17, 15) is 9.59 Å². The Bertz CT molecular complexity index is 313. The van der Waals surface area contributed by atoms with Gasteiger partial charge in [-0.05, 0) is 13.2 Å². The first-order valence-corrected chi connectivity index (χ1v) is 7.20. The predicted molar refractivity (Wildman–Crippen MR) is 69.9 cm³/mol. The summed E-state index contributed by atoms with van der Waals surface area (Å²) >= 11 is 1.63. The molecule has 1 fully saturated rings. The summed E-state index contributed by atoms with van der Waals surface area (Å²) in [5.74, 6) is -0.187. The van der Waals surface area contributed by atoms with Crippen molar-refractivity contribution in [2.45, 2.75) is 31.5 Å². The Hall–Kier alpha value is -0.950. The van der Waals surface area contributed by atoms with Crippen LogP contribution in [0, 0.1) is 0 Å². The van der Waals surface area contributed by atoms with Gasteiger partial charge in [-0.25, -0.2) is 9.59 Å². The van der Waals surface area contributed by atoms with Crippen LogP contribution in [0.4, 0.5) is 4.79 Å². The van der Waals surface area contributed by atoms with Crippen LogP contribution in [0.5, 0.6) is 0 Å². The lowest BCUT2D eigenvalue weighted by Gasteiger charge is -2.24. The van der Waals surface area contributed by atoms with Crippen LogP contribution in [0.15, 0.2) is 0 Å². The predicted octanol–water partition coefficient (Wildman–Crippen LogP) is 0.621. The largest absolute Gasteiger partial charge is 0.480 e. The van der Waals surface area contributed by atoms with Gasteiger partial charge in [-0.2, -0.15) is 11.8 Å². The van der Waals surface area contributed by atoms with Crippen molar-refractivity contribution in [2.75, 3.05) is 25.7 Å². The number of methoxy groups -OCH3 is 1. The number of nitrogens with one attached hydrogen (secondary N) is 1. The Kier molecular flexibility index (Phi) is 5.74. The highest BCUT2D eigenvalue weighted by Gasteiger charge is 2.40. The lowest BCUT2D eigenvalue weighted by atomic mass is 10.2.